The summed E-state index contributed by atoms with van der Waals surface area (Å²) in [7, 11) is 1.64. The van der Waals surface area contributed by atoms with Gasteiger partial charge in [-0.2, -0.15) is 0 Å². The van der Waals surface area contributed by atoms with E-state index in [1.54, 1.807) is 18.9 Å². The van der Waals surface area contributed by atoms with Crippen LogP contribution < -0.4 is 10.5 Å². The van der Waals surface area contributed by atoms with Gasteiger partial charge in [0.2, 0.25) is 11.8 Å². The lowest BCUT2D eigenvalue weighted by Gasteiger charge is -2.23. The first-order valence-electron chi connectivity index (χ1n) is 8.46. The van der Waals surface area contributed by atoms with E-state index in [9.17, 15) is 9.59 Å². The number of benzene rings is 1. The molecule has 6 nitrogen and oxygen atoms in total. The molecule has 1 aromatic carbocycles. The van der Waals surface area contributed by atoms with E-state index in [0.29, 0.717) is 39.0 Å². The van der Waals surface area contributed by atoms with Gasteiger partial charge in [0.1, 0.15) is 5.75 Å². The summed E-state index contributed by atoms with van der Waals surface area (Å²) >= 11 is 0. The Morgan fingerprint density at radius 2 is 1.75 bits per heavy atom. The first-order chi connectivity index (χ1) is 11.5. The summed E-state index contributed by atoms with van der Waals surface area (Å²) in [5.74, 6) is 0.917. The van der Waals surface area contributed by atoms with Gasteiger partial charge in [-0.3, -0.25) is 9.59 Å². The molecular formula is C18H27N3O3. The van der Waals surface area contributed by atoms with E-state index >= 15 is 0 Å². The molecule has 0 aromatic heterocycles. The van der Waals surface area contributed by atoms with Gasteiger partial charge in [-0.25, -0.2) is 0 Å². The molecule has 0 saturated carbocycles. The second-order valence-corrected chi connectivity index (χ2v) is 6.20. The maximum absolute atomic E-state index is 12.4. The first kappa shape index (κ1) is 18.3. The van der Waals surface area contributed by atoms with E-state index in [0.717, 1.165) is 17.7 Å². The van der Waals surface area contributed by atoms with E-state index < -0.39 is 6.04 Å². The van der Waals surface area contributed by atoms with Crippen molar-refractivity contribution >= 4 is 11.8 Å². The number of rotatable bonds is 5. The Morgan fingerprint density at radius 1 is 1.12 bits per heavy atom. The minimum absolute atomic E-state index is 0.0393. The lowest BCUT2D eigenvalue weighted by Crippen LogP contribution is -2.44. The molecule has 6 heteroatoms. The molecule has 2 amide bonds. The monoisotopic (exact) mass is 333 g/mol. The minimum atomic E-state index is -0.484. The Labute approximate surface area is 143 Å². The number of amides is 2. The quantitative estimate of drug-likeness (QED) is 0.873. The molecule has 1 heterocycles. The predicted molar refractivity (Wildman–Crippen MR) is 92.7 cm³/mol. The summed E-state index contributed by atoms with van der Waals surface area (Å²) in [6.45, 7) is 4.21. The Bertz CT molecular complexity index is 557. The largest absolute Gasteiger partial charge is 0.497 e. The molecule has 0 aliphatic carbocycles. The van der Waals surface area contributed by atoms with Gasteiger partial charge in [0.05, 0.1) is 13.2 Å². The SMILES string of the molecule is COc1ccc(CCC(=O)N2CCCN(C(=O)[C@@H](C)N)CC2)cc1. The van der Waals surface area contributed by atoms with Crippen LogP contribution >= 0.6 is 0 Å². The van der Waals surface area contributed by atoms with E-state index in [1.807, 2.05) is 29.2 Å². The molecular weight excluding hydrogens is 306 g/mol. The smallest absolute Gasteiger partial charge is 0.239 e. The third-order valence-electron chi connectivity index (χ3n) is 4.34. The summed E-state index contributed by atoms with van der Waals surface area (Å²) in [6, 6.07) is 7.30. The number of methoxy groups -OCH3 is 1. The number of carbonyl (C=O) groups is 2. The molecule has 2 N–H and O–H groups in total. The lowest BCUT2D eigenvalue weighted by atomic mass is 10.1. The van der Waals surface area contributed by atoms with Crippen molar-refractivity contribution in [2.75, 3.05) is 33.3 Å². The summed E-state index contributed by atoms with van der Waals surface area (Å²) < 4.78 is 5.13. The van der Waals surface area contributed by atoms with Crippen molar-refractivity contribution in [3.63, 3.8) is 0 Å². The van der Waals surface area contributed by atoms with E-state index in [1.165, 1.54) is 0 Å². The lowest BCUT2D eigenvalue weighted by molar-refractivity contribution is -0.134. The predicted octanol–water partition coefficient (Wildman–Crippen LogP) is 1.04. The molecule has 1 atom stereocenters. The van der Waals surface area contributed by atoms with Gasteiger partial charge in [0.25, 0.3) is 0 Å². The van der Waals surface area contributed by atoms with Crippen molar-refractivity contribution in [2.45, 2.75) is 32.2 Å². The number of ether oxygens (including phenoxy) is 1. The summed E-state index contributed by atoms with van der Waals surface area (Å²) in [5, 5.41) is 0. The third-order valence-corrected chi connectivity index (χ3v) is 4.34. The molecule has 1 aromatic rings. The van der Waals surface area contributed by atoms with Gasteiger partial charge in [-0.15, -0.1) is 0 Å². The second-order valence-electron chi connectivity index (χ2n) is 6.20. The van der Waals surface area contributed by atoms with Crippen molar-refractivity contribution in [3.05, 3.63) is 29.8 Å². The average molecular weight is 333 g/mol. The van der Waals surface area contributed by atoms with Gasteiger partial charge < -0.3 is 20.3 Å². The van der Waals surface area contributed by atoms with Crippen molar-refractivity contribution < 1.29 is 14.3 Å². The zero-order chi connectivity index (χ0) is 17.5. The maximum atomic E-state index is 12.4. The Balaban J connectivity index is 1.82. The van der Waals surface area contributed by atoms with Gasteiger partial charge in [0.15, 0.2) is 0 Å². The molecule has 1 fully saturated rings. The molecule has 1 aliphatic heterocycles. The van der Waals surface area contributed by atoms with Crippen LogP contribution in [0.5, 0.6) is 5.75 Å². The number of nitrogens with two attached hydrogens (primary N) is 1. The van der Waals surface area contributed by atoms with Crippen LogP contribution in [0.2, 0.25) is 0 Å². The topological polar surface area (TPSA) is 75.9 Å². The highest BCUT2D eigenvalue weighted by molar-refractivity contribution is 5.81. The van der Waals surface area contributed by atoms with Crippen LogP contribution in [0.15, 0.2) is 24.3 Å². The zero-order valence-electron chi connectivity index (χ0n) is 14.5. The molecule has 1 aliphatic rings. The highest BCUT2D eigenvalue weighted by Crippen LogP contribution is 2.14. The van der Waals surface area contributed by atoms with Crippen molar-refractivity contribution in [1.29, 1.82) is 0 Å². The number of aryl methyl sites for hydroxylation is 1. The number of nitrogens with zero attached hydrogens (tertiary/aromatic N) is 2. The maximum Gasteiger partial charge on any atom is 0.239 e. The van der Waals surface area contributed by atoms with Crippen LogP contribution in [0.25, 0.3) is 0 Å². The van der Waals surface area contributed by atoms with Crippen LogP contribution in [0.4, 0.5) is 0 Å². The second kappa shape index (κ2) is 8.68. The third kappa shape index (κ3) is 4.96. The van der Waals surface area contributed by atoms with E-state index in [-0.39, 0.29) is 11.8 Å². The minimum Gasteiger partial charge on any atom is -0.497 e. The van der Waals surface area contributed by atoms with Gasteiger partial charge in [-0.05, 0) is 37.5 Å². The molecule has 2 rings (SSSR count). The highest BCUT2D eigenvalue weighted by Gasteiger charge is 2.23. The molecule has 0 unspecified atom stereocenters. The van der Waals surface area contributed by atoms with E-state index in [2.05, 4.69) is 0 Å². The summed E-state index contributed by atoms with van der Waals surface area (Å²) in [4.78, 5) is 28.0. The number of hydrogen-bond acceptors (Lipinski definition) is 4. The van der Waals surface area contributed by atoms with Crippen LogP contribution in [0.1, 0.15) is 25.3 Å². The molecule has 0 radical (unpaired) electrons. The molecule has 0 bridgehead atoms. The Kier molecular flexibility index (Phi) is 6.61. The van der Waals surface area contributed by atoms with Crippen molar-refractivity contribution in [2.24, 2.45) is 5.73 Å². The zero-order valence-corrected chi connectivity index (χ0v) is 14.5. The average Bonchev–Trinajstić information content (AvgIpc) is 2.85. The van der Waals surface area contributed by atoms with Crippen LogP contribution in [-0.2, 0) is 16.0 Å². The summed E-state index contributed by atoms with van der Waals surface area (Å²) in [6.07, 6.45) is 1.99. The molecule has 1 saturated heterocycles. The van der Waals surface area contributed by atoms with Gasteiger partial charge in [-0.1, -0.05) is 12.1 Å². The van der Waals surface area contributed by atoms with Crippen LogP contribution in [0.3, 0.4) is 0 Å². The fraction of sp³-hybridized carbons (Fsp3) is 0.556. The standard InChI is InChI=1S/C18H27N3O3/c1-14(19)18(23)21-11-3-10-20(12-13-21)17(22)9-6-15-4-7-16(24-2)8-5-15/h4-5,7-8,14H,3,6,9-13,19H2,1-2H3/t14-/m1/s1. The van der Waals surface area contributed by atoms with E-state index in [4.69, 9.17) is 10.5 Å². The number of carbonyl (C=O) groups excluding carboxylic acids is 2. The fourth-order valence-electron chi connectivity index (χ4n) is 2.88. The Morgan fingerprint density at radius 3 is 2.38 bits per heavy atom. The molecule has 24 heavy (non-hydrogen) atoms. The van der Waals surface area contributed by atoms with Crippen LogP contribution in [-0.4, -0.2) is 60.9 Å². The highest BCUT2D eigenvalue weighted by atomic mass is 16.5. The first-order valence-corrected chi connectivity index (χ1v) is 8.46. The summed E-state index contributed by atoms with van der Waals surface area (Å²) in [5.41, 5.74) is 6.78. The van der Waals surface area contributed by atoms with Gasteiger partial charge in [0, 0.05) is 32.6 Å². The van der Waals surface area contributed by atoms with Crippen molar-refractivity contribution in [1.82, 2.24) is 9.80 Å². The molecule has 0 spiro atoms. The number of hydrogen-bond donors (Lipinski definition) is 1. The van der Waals surface area contributed by atoms with Crippen LogP contribution in [0, 0.1) is 0 Å². The normalized spacial score (nSPS) is 16.5. The Hall–Kier alpha value is -2.08. The van der Waals surface area contributed by atoms with Crippen molar-refractivity contribution in [3.8, 4) is 5.75 Å². The fourth-order valence-corrected chi connectivity index (χ4v) is 2.88. The van der Waals surface area contributed by atoms with Gasteiger partial charge >= 0.3 is 0 Å². The molecule has 132 valence electrons.